The summed E-state index contributed by atoms with van der Waals surface area (Å²) in [5.74, 6) is -3.99. The Morgan fingerprint density at radius 3 is 1.77 bits per heavy atom. The summed E-state index contributed by atoms with van der Waals surface area (Å²) in [4.78, 5) is 32.3. The fourth-order valence-electron chi connectivity index (χ4n) is 0.807. The summed E-state index contributed by atoms with van der Waals surface area (Å²) in [5, 5.41) is 17.2. The molecule has 0 aromatic rings. The van der Waals surface area contributed by atoms with Crippen molar-refractivity contribution in [2.45, 2.75) is 26.7 Å². The summed E-state index contributed by atoms with van der Waals surface area (Å²) in [6, 6.07) is 0. The largest absolute Gasteiger partial charge is 0.480 e. The normalized spacial score (nSPS) is 10.9. The van der Waals surface area contributed by atoms with Crippen molar-refractivity contribution >= 4 is 17.7 Å². The molecule has 0 radical (unpaired) electrons. The van der Waals surface area contributed by atoms with Crippen LogP contribution in [0, 0.1) is 5.41 Å². The predicted octanol–water partition coefficient (Wildman–Crippen LogP) is 0.531. The average Bonchev–Trinajstić information content (AvgIpc) is 2.02. The molecule has 0 saturated heterocycles. The molecule has 0 aliphatic carbocycles. The third-order valence-electron chi connectivity index (χ3n) is 1.89. The van der Waals surface area contributed by atoms with Crippen LogP contribution in [0.1, 0.15) is 26.7 Å². The van der Waals surface area contributed by atoms with E-state index in [1.807, 2.05) is 0 Å². The number of carboxylic acid groups (broad SMARTS) is 2. The number of Topliss-reactive ketones (excluding diaryl/α,β-unsaturated/α-hetero) is 1. The van der Waals surface area contributed by atoms with Gasteiger partial charge in [0.2, 0.25) is 5.41 Å². The van der Waals surface area contributed by atoms with Gasteiger partial charge >= 0.3 is 11.9 Å². The minimum Gasteiger partial charge on any atom is -0.480 e. The van der Waals surface area contributed by atoms with Gasteiger partial charge in [0, 0.05) is 6.42 Å². The van der Waals surface area contributed by atoms with Crippen LogP contribution in [-0.4, -0.2) is 27.9 Å². The van der Waals surface area contributed by atoms with E-state index in [0.29, 0.717) is 6.42 Å². The maximum atomic E-state index is 11.2. The molecular weight excluding hydrogens is 176 g/mol. The van der Waals surface area contributed by atoms with Gasteiger partial charge in [0.15, 0.2) is 5.78 Å². The molecular formula is C8H12O5. The maximum Gasteiger partial charge on any atom is 0.328 e. The first-order valence-electron chi connectivity index (χ1n) is 3.87. The number of hydrogen-bond acceptors (Lipinski definition) is 3. The molecule has 5 heteroatoms. The molecule has 0 aliphatic heterocycles. The van der Waals surface area contributed by atoms with Gasteiger partial charge in [-0.05, 0) is 13.3 Å². The molecule has 0 aromatic heterocycles. The number of carbonyl (C=O) groups excluding carboxylic acids is 1. The van der Waals surface area contributed by atoms with E-state index < -0.39 is 23.1 Å². The molecule has 0 aromatic carbocycles. The SMILES string of the molecule is CCCC(=O)C(C)(C(=O)O)C(=O)O. The maximum absolute atomic E-state index is 11.2. The van der Waals surface area contributed by atoms with Crippen LogP contribution in [0.3, 0.4) is 0 Å². The highest BCUT2D eigenvalue weighted by Crippen LogP contribution is 2.21. The molecule has 0 heterocycles. The Kier molecular flexibility index (Phi) is 3.59. The highest BCUT2D eigenvalue weighted by atomic mass is 16.4. The van der Waals surface area contributed by atoms with Crippen LogP contribution in [0.25, 0.3) is 0 Å². The number of aliphatic carboxylic acids is 2. The zero-order chi connectivity index (χ0) is 10.6. The zero-order valence-corrected chi connectivity index (χ0v) is 7.53. The standard InChI is InChI=1S/C8H12O5/c1-3-4-5(9)8(2,6(10)11)7(12)13/h3-4H2,1-2H3,(H,10,11)(H,12,13). The zero-order valence-electron chi connectivity index (χ0n) is 7.53. The van der Waals surface area contributed by atoms with E-state index in [1.54, 1.807) is 6.92 Å². The molecule has 0 unspecified atom stereocenters. The summed E-state index contributed by atoms with van der Waals surface area (Å²) in [6.07, 6.45) is 0.407. The third kappa shape index (κ3) is 2.05. The van der Waals surface area contributed by atoms with E-state index in [9.17, 15) is 14.4 Å². The van der Waals surface area contributed by atoms with Crippen LogP contribution in [0.2, 0.25) is 0 Å². The third-order valence-corrected chi connectivity index (χ3v) is 1.89. The minimum atomic E-state index is -2.30. The highest BCUT2D eigenvalue weighted by molar-refractivity contribution is 6.18. The van der Waals surface area contributed by atoms with E-state index >= 15 is 0 Å². The predicted molar refractivity (Wildman–Crippen MR) is 43.3 cm³/mol. The van der Waals surface area contributed by atoms with Crippen LogP contribution < -0.4 is 0 Å². The van der Waals surface area contributed by atoms with Crippen molar-refractivity contribution in [3.63, 3.8) is 0 Å². The summed E-state index contributed by atoms with van der Waals surface area (Å²) in [6.45, 7) is 2.59. The average molecular weight is 188 g/mol. The van der Waals surface area contributed by atoms with E-state index in [-0.39, 0.29) is 6.42 Å². The van der Waals surface area contributed by atoms with Gasteiger partial charge in [-0.15, -0.1) is 0 Å². The number of carbonyl (C=O) groups is 3. The van der Waals surface area contributed by atoms with Crippen molar-refractivity contribution in [3.05, 3.63) is 0 Å². The Morgan fingerprint density at radius 1 is 1.15 bits per heavy atom. The molecule has 0 rings (SSSR count). The second kappa shape index (κ2) is 4.02. The van der Waals surface area contributed by atoms with Gasteiger partial charge in [-0.25, -0.2) is 0 Å². The summed E-state index contributed by atoms with van der Waals surface area (Å²) in [5.41, 5.74) is -2.30. The van der Waals surface area contributed by atoms with Crippen LogP contribution in [0.5, 0.6) is 0 Å². The first kappa shape index (κ1) is 11.6. The van der Waals surface area contributed by atoms with E-state index in [2.05, 4.69) is 0 Å². The number of carboxylic acids is 2. The molecule has 5 nitrogen and oxygen atoms in total. The van der Waals surface area contributed by atoms with Crippen LogP contribution in [0.15, 0.2) is 0 Å². The van der Waals surface area contributed by atoms with Crippen molar-refractivity contribution in [2.24, 2.45) is 5.41 Å². The topological polar surface area (TPSA) is 91.7 Å². The lowest BCUT2D eigenvalue weighted by molar-refractivity contribution is -0.166. The number of ketones is 1. The highest BCUT2D eigenvalue weighted by Gasteiger charge is 2.47. The van der Waals surface area contributed by atoms with Crippen molar-refractivity contribution in [2.75, 3.05) is 0 Å². The van der Waals surface area contributed by atoms with Gasteiger partial charge in [0.25, 0.3) is 0 Å². The number of rotatable bonds is 5. The second-order valence-electron chi connectivity index (χ2n) is 2.91. The molecule has 2 N–H and O–H groups in total. The summed E-state index contributed by atoms with van der Waals surface area (Å²) >= 11 is 0. The molecule has 0 atom stereocenters. The monoisotopic (exact) mass is 188 g/mol. The van der Waals surface area contributed by atoms with Gasteiger partial charge in [-0.2, -0.15) is 0 Å². The fourth-order valence-corrected chi connectivity index (χ4v) is 0.807. The molecule has 0 fully saturated rings. The number of hydrogen-bond donors (Lipinski definition) is 2. The Hall–Kier alpha value is -1.39. The van der Waals surface area contributed by atoms with Gasteiger partial charge in [-0.3, -0.25) is 14.4 Å². The first-order chi connectivity index (χ1) is 5.87. The van der Waals surface area contributed by atoms with Crippen LogP contribution in [-0.2, 0) is 14.4 Å². The molecule has 13 heavy (non-hydrogen) atoms. The Balaban J connectivity index is 4.91. The summed E-state index contributed by atoms with van der Waals surface area (Å²) in [7, 11) is 0. The molecule has 0 aliphatic rings. The van der Waals surface area contributed by atoms with Gasteiger partial charge < -0.3 is 10.2 Å². The first-order valence-corrected chi connectivity index (χ1v) is 3.87. The minimum absolute atomic E-state index is 0.0326. The van der Waals surface area contributed by atoms with Crippen LogP contribution >= 0.6 is 0 Å². The Morgan fingerprint density at radius 2 is 1.54 bits per heavy atom. The molecule has 0 spiro atoms. The Bertz CT molecular complexity index is 229. The van der Waals surface area contributed by atoms with E-state index in [4.69, 9.17) is 10.2 Å². The molecule has 0 bridgehead atoms. The van der Waals surface area contributed by atoms with Gasteiger partial charge in [-0.1, -0.05) is 6.92 Å². The smallest absolute Gasteiger partial charge is 0.328 e. The Labute approximate surface area is 75.4 Å². The fraction of sp³-hybridized carbons (Fsp3) is 0.625. The quantitative estimate of drug-likeness (QED) is 0.614. The molecule has 0 saturated carbocycles. The lowest BCUT2D eigenvalue weighted by Gasteiger charge is -2.17. The van der Waals surface area contributed by atoms with Crippen molar-refractivity contribution in [1.82, 2.24) is 0 Å². The molecule has 74 valence electrons. The van der Waals surface area contributed by atoms with Crippen LogP contribution in [0.4, 0.5) is 0 Å². The van der Waals surface area contributed by atoms with Crippen molar-refractivity contribution in [3.8, 4) is 0 Å². The lowest BCUT2D eigenvalue weighted by atomic mass is 9.84. The lowest BCUT2D eigenvalue weighted by Crippen LogP contribution is -2.43. The van der Waals surface area contributed by atoms with E-state index in [1.165, 1.54) is 0 Å². The van der Waals surface area contributed by atoms with E-state index in [0.717, 1.165) is 6.92 Å². The van der Waals surface area contributed by atoms with Crippen molar-refractivity contribution in [1.29, 1.82) is 0 Å². The van der Waals surface area contributed by atoms with Gasteiger partial charge in [0.1, 0.15) is 0 Å². The van der Waals surface area contributed by atoms with Gasteiger partial charge in [0.05, 0.1) is 0 Å². The van der Waals surface area contributed by atoms with Crippen molar-refractivity contribution < 1.29 is 24.6 Å². The second-order valence-corrected chi connectivity index (χ2v) is 2.91. The summed E-state index contributed by atoms with van der Waals surface area (Å²) < 4.78 is 0. The molecule has 0 amide bonds.